The maximum atomic E-state index is 5.55. The summed E-state index contributed by atoms with van der Waals surface area (Å²) in [6, 6.07) is 0. The van der Waals surface area contributed by atoms with Crippen LogP contribution < -0.4 is 5.73 Å². The van der Waals surface area contributed by atoms with E-state index in [4.69, 9.17) is 5.73 Å². The van der Waals surface area contributed by atoms with Crippen molar-refractivity contribution in [3.05, 3.63) is 17.7 Å². The highest BCUT2D eigenvalue weighted by Crippen LogP contribution is 2.49. The van der Waals surface area contributed by atoms with Crippen molar-refractivity contribution in [2.45, 2.75) is 64.2 Å². The molecule has 3 rings (SSSR count). The Morgan fingerprint density at radius 1 is 1.15 bits per heavy atom. The minimum atomic E-state index is 0.700. The number of nitrogens with zero attached hydrogens (tertiary/aromatic N) is 1. The molecule has 0 amide bonds. The van der Waals surface area contributed by atoms with E-state index in [1.165, 1.54) is 44.2 Å². The maximum Gasteiger partial charge on any atom is 0.106 e. The van der Waals surface area contributed by atoms with Gasteiger partial charge in [0.05, 0.1) is 0 Å². The topological polar surface area (TPSA) is 54.7 Å². The number of unbranched alkanes of at least 4 members (excludes halogenated alkanes) is 2. The molecule has 2 unspecified atom stereocenters. The van der Waals surface area contributed by atoms with Gasteiger partial charge in [-0.2, -0.15) is 0 Å². The van der Waals surface area contributed by atoms with Crippen LogP contribution in [0.1, 0.15) is 62.9 Å². The van der Waals surface area contributed by atoms with E-state index in [9.17, 15) is 0 Å². The molecule has 0 radical (unpaired) electrons. The summed E-state index contributed by atoms with van der Waals surface area (Å²) in [7, 11) is 0. The lowest BCUT2D eigenvalue weighted by Gasteiger charge is -2.21. The molecule has 112 valence electrons. The summed E-state index contributed by atoms with van der Waals surface area (Å²) in [5, 5.41) is 0. The van der Waals surface area contributed by atoms with Gasteiger partial charge in [0.1, 0.15) is 5.82 Å². The van der Waals surface area contributed by atoms with Crippen LogP contribution in [0.25, 0.3) is 0 Å². The van der Waals surface area contributed by atoms with Crippen LogP contribution in [0.4, 0.5) is 0 Å². The summed E-state index contributed by atoms with van der Waals surface area (Å²) < 4.78 is 0. The zero-order valence-corrected chi connectivity index (χ0v) is 12.6. The minimum absolute atomic E-state index is 0.700. The highest BCUT2D eigenvalue weighted by Gasteiger charge is 2.38. The van der Waals surface area contributed by atoms with Gasteiger partial charge in [0, 0.05) is 24.7 Å². The van der Waals surface area contributed by atoms with Gasteiger partial charge in [-0.15, -0.1) is 0 Å². The summed E-state index contributed by atoms with van der Waals surface area (Å²) in [6.07, 6.45) is 15.7. The van der Waals surface area contributed by atoms with Gasteiger partial charge in [0.2, 0.25) is 0 Å². The molecule has 3 nitrogen and oxygen atoms in total. The van der Waals surface area contributed by atoms with Crippen molar-refractivity contribution in [2.24, 2.45) is 23.5 Å². The predicted octanol–water partition coefficient (Wildman–Crippen LogP) is 3.45. The monoisotopic (exact) mass is 275 g/mol. The molecule has 2 saturated carbocycles. The number of fused-ring (bicyclic) bond motifs is 2. The quantitative estimate of drug-likeness (QED) is 0.714. The molecule has 2 aliphatic rings. The van der Waals surface area contributed by atoms with Crippen LogP contribution in [-0.2, 0) is 12.8 Å². The number of nitrogens with one attached hydrogen (secondary N) is 1. The van der Waals surface area contributed by atoms with Crippen molar-refractivity contribution in [3.8, 4) is 0 Å². The summed E-state index contributed by atoms with van der Waals surface area (Å²) in [5.41, 5.74) is 6.73. The van der Waals surface area contributed by atoms with E-state index in [-0.39, 0.29) is 0 Å². The van der Waals surface area contributed by atoms with Gasteiger partial charge in [-0.05, 0) is 50.0 Å². The minimum Gasteiger partial charge on any atom is -0.346 e. The van der Waals surface area contributed by atoms with E-state index in [1.807, 2.05) is 6.20 Å². The Balaban J connectivity index is 1.28. The van der Waals surface area contributed by atoms with Gasteiger partial charge >= 0.3 is 0 Å². The Bertz CT molecular complexity index is 412. The fourth-order valence-corrected chi connectivity index (χ4v) is 4.42. The Hall–Kier alpha value is -0.830. The van der Waals surface area contributed by atoms with Crippen LogP contribution in [0.2, 0.25) is 0 Å². The first-order valence-corrected chi connectivity index (χ1v) is 8.58. The Labute approximate surface area is 122 Å². The zero-order chi connectivity index (χ0) is 13.8. The summed E-state index contributed by atoms with van der Waals surface area (Å²) in [4.78, 5) is 7.81. The van der Waals surface area contributed by atoms with Crippen LogP contribution in [0.3, 0.4) is 0 Å². The second-order valence-corrected chi connectivity index (χ2v) is 6.93. The molecule has 20 heavy (non-hydrogen) atoms. The molecule has 3 N–H and O–H groups in total. The second-order valence-electron chi connectivity index (χ2n) is 6.93. The number of nitrogens with two attached hydrogens (primary N) is 1. The highest BCUT2D eigenvalue weighted by atomic mass is 14.9. The molecule has 1 heterocycles. The molecule has 0 spiro atoms. The lowest BCUT2D eigenvalue weighted by molar-refractivity contribution is 0.305. The fraction of sp³-hybridized carbons (Fsp3) is 0.824. The van der Waals surface area contributed by atoms with Crippen molar-refractivity contribution < 1.29 is 0 Å². The summed E-state index contributed by atoms with van der Waals surface area (Å²) in [5.74, 6) is 4.43. The molecule has 0 saturated heterocycles. The molecule has 0 aliphatic heterocycles. The van der Waals surface area contributed by atoms with Gasteiger partial charge in [-0.25, -0.2) is 4.98 Å². The molecule has 2 bridgehead atoms. The average molecular weight is 275 g/mol. The van der Waals surface area contributed by atoms with Crippen molar-refractivity contribution >= 4 is 0 Å². The number of hydrogen-bond donors (Lipinski definition) is 2. The van der Waals surface area contributed by atoms with E-state index in [2.05, 4.69) is 9.97 Å². The number of aromatic amines is 1. The summed E-state index contributed by atoms with van der Waals surface area (Å²) >= 11 is 0. The van der Waals surface area contributed by atoms with E-state index in [0.29, 0.717) is 6.54 Å². The molecule has 3 atom stereocenters. The SMILES string of the molecule is NCCc1cnc(CCCCC[C@@H]2CC3CCC2C3)[nH]1. The van der Waals surface area contributed by atoms with Gasteiger partial charge in [-0.3, -0.25) is 0 Å². The van der Waals surface area contributed by atoms with Crippen molar-refractivity contribution in [1.29, 1.82) is 0 Å². The van der Waals surface area contributed by atoms with Crippen LogP contribution in [0, 0.1) is 17.8 Å². The van der Waals surface area contributed by atoms with Crippen molar-refractivity contribution in [2.75, 3.05) is 6.54 Å². The third kappa shape index (κ3) is 3.43. The normalized spacial score (nSPS) is 28.4. The van der Waals surface area contributed by atoms with E-state index in [1.54, 1.807) is 12.8 Å². The zero-order valence-electron chi connectivity index (χ0n) is 12.6. The first-order chi connectivity index (χ1) is 9.85. The third-order valence-corrected chi connectivity index (χ3v) is 5.47. The van der Waals surface area contributed by atoms with Crippen LogP contribution in [0.5, 0.6) is 0 Å². The Morgan fingerprint density at radius 2 is 2.10 bits per heavy atom. The molecule has 2 aliphatic carbocycles. The number of hydrogen-bond acceptors (Lipinski definition) is 2. The number of imidazole rings is 1. The molecule has 1 aromatic rings. The largest absolute Gasteiger partial charge is 0.346 e. The number of H-pyrrole nitrogens is 1. The smallest absolute Gasteiger partial charge is 0.106 e. The molecule has 0 aromatic carbocycles. The van der Waals surface area contributed by atoms with Gasteiger partial charge < -0.3 is 10.7 Å². The Morgan fingerprint density at radius 3 is 2.85 bits per heavy atom. The lowest BCUT2D eigenvalue weighted by atomic mass is 9.85. The first kappa shape index (κ1) is 14.1. The van der Waals surface area contributed by atoms with Crippen molar-refractivity contribution in [3.63, 3.8) is 0 Å². The molecule has 1 aromatic heterocycles. The van der Waals surface area contributed by atoms with E-state index < -0.39 is 0 Å². The van der Waals surface area contributed by atoms with Crippen LogP contribution >= 0.6 is 0 Å². The van der Waals surface area contributed by atoms with Gasteiger partial charge in [0.15, 0.2) is 0 Å². The van der Waals surface area contributed by atoms with Gasteiger partial charge in [-0.1, -0.05) is 25.7 Å². The van der Waals surface area contributed by atoms with Gasteiger partial charge in [0.25, 0.3) is 0 Å². The second kappa shape index (κ2) is 6.75. The van der Waals surface area contributed by atoms with Crippen LogP contribution in [0.15, 0.2) is 6.20 Å². The number of aryl methyl sites for hydroxylation is 1. The molecular weight excluding hydrogens is 246 g/mol. The predicted molar refractivity (Wildman–Crippen MR) is 82.5 cm³/mol. The number of aromatic nitrogens is 2. The lowest BCUT2D eigenvalue weighted by Crippen LogP contribution is -2.10. The molecular formula is C17H29N3. The Kier molecular flexibility index (Phi) is 4.77. The van der Waals surface area contributed by atoms with Crippen LogP contribution in [-0.4, -0.2) is 16.5 Å². The van der Waals surface area contributed by atoms with E-state index >= 15 is 0 Å². The maximum absolute atomic E-state index is 5.55. The third-order valence-electron chi connectivity index (χ3n) is 5.47. The molecule has 2 fully saturated rings. The summed E-state index contributed by atoms with van der Waals surface area (Å²) in [6.45, 7) is 0.700. The standard InChI is InChI=1S/C17H29N3/c18-9-8-16-12-19-17(20-16)5-3-1-2-4-14-10-13-6-7-15(14)11-13/h12-15H,1-11,18H2,(H,19,20)/t13?,14-,15?/m1/s1. The average Bonchev–Trinajstić information content (AvgIpc) is 3.15. The van der Waals surface area contributed by atoms with Crippen molar-refractivity contribution in [1.82, 2.24) is 9.97 Å². The molecule has 3 heteroatoms. The first-order valence-electron chi connectivity index (χ1n) is 8.58. The van der Waals surface area contributed by atoms with E-state index in [0.717, 1.165) is 36.4 Å². The fourth-order valence-electron chi connectivity index (χ4n) is 4.42. The highest BCUT2D eigenvalue weighted by molar-refractivity contribution is 5.01. The number of rotatable bonds is 8.